The number of rotatable bonds is 6. The molecule has 0 aliphatic carbocycles. The Kier molecular flexibility index (Phi) is 5.65. The van der Waals surface area contributed by atoms with Crippen molar-refractivity contribution in [2.24, 2.45) is 0 Å². The molecule has 0 saturated carbocycles. The first-order valence-corrected chi connectivity index (χ1v) is 8.81. The number of aromatic nitrogens is 2. The minimum Gasteiger partial charge on any atom is -0.506 e. The summed E-state index contributed by atoms with van der Waals surface area (Å²) in [5.41, 5.74) is 0.908. The maximum atomic E-state index is 12.0. The van der Waals surface area contributed by atoms with E-state index in [-0.39, 0.29) is 28.3 Å². The van der Waals surface area contributed by atoms with Gasteiger partial charge in [-0.1, -0.05) is 35.5 Å². The number of anilines is 1. The van der Waals surface area contributed by atoms with Gasteiger partial charge in [0.1, 0.15) is 11.5 Å². The van der Waals surface area contributed by atoms with E-state index in [1.54, 1.807) is 19.2 Å². The number of ether oxygens (including phenoxy) is 1. The number of phenolic OH excluding ortho intramolecular Hbond substituents is 1. The van der Waals surface area contributed by atoms with Crippen LogP contribution in [0.25, 0.3) is 11.5 Å². The van der Waals surface area contributed by atoms with Crippen molar-refractivity contribution in [3.05, 3.63) is 47.5 Å². The van der Waals surface area contributed by atoms with Crippen molar-refractivity contribution in [1.82, 2.24) is 10.2 Å². The van der Waals surface area contributed by atoms with Crippen molar-refractivity contribution in [2.75, 3.05) is 18.2 Å². The van der Waals surface area contributed by atoms with Crippen molar-refractivity contribution in [2.45, 2.75) is 5.22 Å². The van der Waals surface area contributed by atoms with Crippen LogP contribution in [0, 0.1) is 0 Å². The molecule has 0 saturated heterocycles. The molecule has 7 nitrogen and oxygen atoms in total. The Labute approximate surface area is 158 Å². The van der Waals surface area contributed by atoms with Crippen LogP contribution < -0.4 is 10.1 Å². The molecule has 0 bridgehead atoms. The SMILES string of the molecule is COc1ccccc1-c1nnc(SCC(=O)Nc2cc(Cl)ccc2O)o1. The van der Waals surface area contributed by atoms with Gasteiger partial charge in [0.25, 0.3) is 11.1 Å². The summed E-state index contributed by atoms with van der Waals surface area (Å²) in [4.78, 5) is 12.0. The van der Waals surface area contributed by atoms with Gasteiger partial charge < -0.3 is 19.6 Å². The van der Waals surface area contributed by atoms with Gasteiger partial charge in [0.15, 0.2) is 0 Å². The zero-order valence-corrected chi connectivity index (χ0v) is 15.2. The second-order valence-corrected chi connectivity index (χ2v) is 6.43. The minimum absolute atomic E-state index is 0.0273. The van der Waals surface area contributed by atoms with E-state index in [1.807, 2.05) is 12.1 Å². The molecule has 0 aliphatic rings. The topological polar surface area (TPSA) is 97.5 Å². The molecule has 1 aromatic heterocycles. The van der Waals surface area contributed by atoms with Gasteiger partial charge in [-0.15, -0.1) is 10.2 Å². The number of hydrogen-bond donors (Lipinski definition) is 2. The van der Waals surface area contributed by atoms with Crippen LogP contribution in [0.1, 0.15) is 0 Å². The van der Waals surface area contributed by atoms with Crippen LogP contribution in [0.3, 0.4) is 0 Å². The summed E-state index contributed by atoms with van der Waals surface area (Å²) in [6.45, 7) is 0. The summed E-state index contributed by atoms with van der Waals surface area (Å²) in [6, 6.07) is 11.7. The summed E-state index contributed by atoms with van der Waals surface area (Å²) >= 11 is 6.93. The predicted octanol–water partition coefficient (Wildman–Crippen LogP) is 3.84. The smallest absolute Gasteiger partial charge is 0.277 e. The molecule has 3 rings (SSSR count). The van der Waals surface area contributed by atoms with Crippen molar-refractivity contribution in [3.63, 3.8) is 0 Å². The Morgan fingerprint density at radius 1 is 1.31 bits per heavy atom. The molecular weight excluding hydrogens is 378 g/mol. The van der Waals surface area contributed by atoms with E-state index in [2.05, 4.69) is 15.5 Å². The second-order valence-electron chi connectivity index (χ2n) is 5.07. The molecule has 3 aromatic rings. The molecule has 2 aromatic carbocycles. The highest BCUT2D eigenvalue weighted by molar-refractivity contribution is 7.99. The average Bonchev–Trinajstić information content (AvgIpc) is 3.12. The van der Waals surface area contributed by atoms with Crippen LogP contribution in [0.2, 0.25) is 5.02 Å². The number of carbonyl (C=O) groups is 1. The monoisotopic (exact) mass is 391 g/mol. The summed E-state index contributed by atoms with van der Waals surface area (Å²) in [7, 11) is 1.56. The third-order valence-electron chi connectivity index (χ3n) is 3.30. The van der Waals surface area contributed by atoms with Crippen LogP contribution in [-0.2, 0) is 4.79 Å². The molecule has 0 aliphatic heterocycles. The summed E-state index contributed by atoms with van der Waals surface area (Å²) in [6.07, 6.45) is 0. The summed E-state index contributed by atoms with van der Waals surface area (Å²) < 4.78 is 10.8. The number of hydrogen-bond acceptors (Lipinski definition) is 7. The molecule has 134 valence electrons. The number of nitrogens with zero attached hydrogens (tertiary/aromatic N) is 2. The van der Waals surface area contributed by atoms with E-state index in [9.17, 15) is 9.90 Å². The second kappa shape index (κ2) is 8.11. The molecule has 1 heterocycles. The maximum Gasteiger partial charge on any atom is 0.277 e. The standard InChI is InChI=1S/C17H14ClN3O4S/c1-24-14-5-3-2-4-11(14)16-20-21-17(25-16)26-9-15(23)19-12-8-10(18)6-7-13(12)22/h2-8,22H,9H2,1H3,(H,19,23). The normalized spacial score (nSPS) is 10.5. The van der Waals surface area contributed by atoms with Crippen molar-refractivity contribution >= 4 is 35.0 Å². The Bertz CT molecular complexity index is 932. The lowest BCUT2D eigenvalue weighted by atomic mass is 10.2. The third-order valence-corrected chi connectivity index (χ3v) is 4.36. The number of methoxy groups -OCH3 is 1. The molecule has 0 fully saturated rings. The highest BCUT2D eigenvalue weighted by atomic mass is 35.5. The number of thioether (sulfide) groups is 1. The quantitative estimate of drug-likeness (QED) is 0.486. The van der Waals surface area contributed by atoms with Gasteiger partial charge >= 0.3 is 0 Å². The first kappa shape index (κ1) is 18.1. The van der Waals surface area contributed by atoms with Gasteiger partial charge in [-0.3, -0.25) is 4.79 Å². The lowest BCUT2D eigenvalue weighted by Gasteiger charge is -2.06. The van der Waals surface area contributed by atoms with Crippen LogP contribution >= 0.6 is 23.4 Å². The van der Waals surface area contributed by atoms with Crippen LogP contribution in [0.15, 0.2) is 52.1 Å². The van der Waals surface area contributed by atoms with Gasteiger partial charge in [-0.05, 0) is 30.3 Å². The molecule has 1 amide bonds. The Hall–Kier alpha value is -2.71. The van der Waals surface area contributed by atoms with Gasteiger partial charge in [-0.25, -0.2) is 0 Å². The van der Waals surface area contributed by atoms with Gasteiger partial charge in [0.2, 0.25) is 5.91 Å². The molecule has 9 heteroatoms. The highest BCUT2D eigenvalue weighted by Gasteiger charge is 2.15. The average molecular weight is 392 g/mol. The molecule has 0 spiro atoms. The number of amides is 1. The van der Waals surface area contributed by atoms with Crippen molar-refractivity contribution in [3.8, 4) is 23.0 Å². The maximum absolute atomic E-state index is 12.0. The first-order valence-electron chi connectivity index (χ1n) is 7.45. The van der Waals surface area contributed by atoms with E-state index in [4.69, 9.17) is 20.8 Å². The first-order chi connectivity index (χ1) is 12.6. The van der Waals surface area contributed by atoms with E-state index in [0.29, 0.717) is 22.2 Å². The number of nitrogens with one attached hydrogen (secondary N) is 1. The van der Waals surface area contributed by atoms with Gasteiger partial charge in [-0.2, -0.15) is 0 Å². The fourth-order valence-corrected chi connectivity index (χ4v) is 2.86. The lowest BCUT2D eigenvalue weighted by Crippen LogP contribution is -2.14. The van der Waals surface area contributed by atoms with E-state index < -0.39 is 0 Å². The van der Waals surface area contributed by atoms with Gasteiger partial charge in [0, 0.05) is 5.02 Å². The van der Waals surface area contributed by atoms with E-state index in [0.717, 1.165) is 11.8 Å². The molecule has 26 heavy (non-hydrogen) atoms. The summed E-state index contributed by atoms with van der Waals surface area (Å²) in [5.74, 6) is 0.535. The van der Waals surface area contributed by atoms with Crippen LogP contribution in [0.5, 0.6) is 11.5 Å². The van der Waals surface area contributed by atoms with E-state index in [1.165, 1.54) is 18.2 Å². The largest absolute Gasteiger partial charge is 0.506 e. The Balaban J connectivity index is 1.63. The number of halogens is 1. The fraction of sp³-hybridized carbons (Fsp3) is 0.118. The van der Waals surface area contributed by atoms with E-state index >= 15 is 0 Å². The van der Waals surface area contributed by atoms with Crippen LogP contribution in [-0.4, -0.2) is 34.1 Å². The molecule has 0 radical (unpaired) electrons. The number of phenols is 1. The van der Waals surface area contributed by atoms with Crippen molar-refractivity contribution < 1.29 is 19.1 Å². The zero-order chi connectivity index (χ0) is 18.5. The zero-order valence-electron chi connectivity index (χ0n) is 13.6. The predicted molar refractivity (Wildman–Crippen MR) is 98.8 cm³/mol. The minimum atomic E-state index is -0.343. The Morgan fingerprint density at radius 3 is 2.92 bits per heavy atom. The number of aromatic hydroxyl groups is 1. The third kappa shape index (κ3) is 4.27. The molecule has 2 N–H and O–H groups in total. The Morgan fingerprint density at radius 2 is 2.12 bits per heavy atom. The molecule has 0 unspecified atom stereocenters. The van der Waals surface area contributed by atoms with Gasteiger partial charge in [0.05, 0.1) is 24.1 Å². The summed E-state index contributed by atoms with van der Waals surface area (Å²) in [5, 5.41) is 20.8. The number of carbonyl (C=O) groups excluding carboxylic acids is 1. The molecule has 0 atom stereocenters. The molecular formula is C17H14ClN3O4S. The van der Waals surface area contributed by atoms with Crippen LogP contribution in [0.4, 0.5) is 5.69 Å². The number of para-hydroxylation sites is 1. The lowest BCUT2D eigenvalue weighted by molar-refractivity contribution is -0.113. The fourth-order valence-electron chi connectivity index (χ4n) is 2.12. The van der Waals surface area contributed by atoms with Crippen molar-refractivity contribution in [1.29, 1.82) is 0 Å². The highest BCUT2D eigenvalue weighted by Crippen LogP contribution is 2.31. The number of benzene rings is 2.